The molecule has 0 spiro atoms. The molecule has 8 aromatic carbocycles. The van der Waals surface area contributed by atoms with Crippen LogP contribution >= 0.6 is 0 Å². The van der Waals surface area contributed by atoms with Gasteiger partial charge in [0, 0.05) is 22.2 Å². The molecule has 252 valence electrons. The Kier molecular flexibility index (Phi) is 7.19. The van der Waals surface area contributed by atoms with Crippen LogP contribution < -0.4 is 4.90 Å². The standard InChI is InChI=1S/C51H37NO/c1-51(2)44-29-28-39(33-43(44)49-41(23-14-24-45(49)51)36-20-10-5-11-21-36)52(46-25-15-27-48-50(46)42-22-12-13-26-47(42)53-48)40-31-37(34-16-6-3-7-17-34)30-38(32-40)35-18-8-4-9-19-35/h3-33H,1-2H3. The first-order chi connectivity index (χ1) is 26.0. The highest BCUT2D eigenvalue weighted by Gasteiger charge is 2.37. The average molecular weight is 680 g/mol. The van der Waals surface area contributed by atoms with E-state index in [4.69, 9.17) is 4.42 Å². The minimum Gasteiger partial charge on any atom is -0.456 e. The lowest BCUT2D eigenvalue weighted by molar-refractivity contribution is 0.660. The summed E-state index contributed by atoms with van der Waals surface area (Å²) in [6, 6.07) is 67.9. The van der Waals surface area contributed by atoms with Gasteiger partial charge in [-0.05, 0) is 104 Å². The van der Waals surface area contributed by atoms with Crippen LogP contribution in [0.25, 0.3) is 66.4 Å². The van der Waals surface area contributed by atoms with E-state index in [0.717, 1.165) is 50.1 Å². The highest BCUT2D eigenvalue weighted by molar-refractivity contribution is 6.13. The monoisotopic (exact) mass is 679 g/mol. The third kappa shape index (κ3) is 5.10. The molecule has 53 heavy (non-hydrogen) atoms. The van der Waals surface area contributed by atoms with Crippen LogP contribution in [0.3, 0.4) is 0 Å². The normalized spacial score (nSPS) is 12.9. The Labute approximate surface area is 310 Å². The van der Waals surface area contributed by atoms with Crippen molar-refractivity contribution in [3.8, 4) is 44.5 Å². The van der Waals surface area contributed by atoms with Crippen molar-refractivity contribution in [1.29, 1.82) is 0 Å². The van der Waals surface area contributed by atoms with Crippen molar-refractivity contribution in [1.82, 2.24) is 0 Å². The van der Waals surface area contributed by atoms with Gasteiger partial charge in [0.1, 0.15) is 11.2 Å². The van der Waals surface area contributed by atoms with Crippen LogP contribution in [-0.2, 0) is 5.41 Å². The van der Waals surface area contributed by atoms with Gasteiger partial charge >= 0.3 is 0 Å². The SMILES string of the molecule is CC1(C)c2ccc(N(c3cc(-c4ccccc4)cc(-c4ccccc4)c3)c3cccc4oc5ccccc5c34)cc2-c2c(-c3ccccc3)cccc21. The van der Waals surface area contributed by atoms with Crippen molar-refractivity contribution in [2.24, 2.45) is 0 Å². The maximum absolute atomic E-state index is 6.49. The summed E-state index contributed by atoms with van der Waals surface area (Å²) < 4.78 is 6.49. The molecule has 0 saturated heterocycles. The van der Waals surface area contributed by atoms with Crippen molar-refractivity contribution < 1.29 is 4.42 Å². The smallest absolute Gasteiger partial charge is 0.137 e. The summed E-state index contributed by atoms with van der Waals surface area (Å²) in [6.07, 6.45) is 0. The number of furan rings is 1. The zero-order valence-electron chi connectivity index (χ0n) is 29.8. The third-order valence-corrected chi connectivity index (χ3v) is 11.0. The molecule has 1 heterocycles. The summed E-state index contributed by atoms with van der Waals surface area (Å²) >= 11 is 0. The molecule has 0 fully saturated rings. The second kappa shape index (κ2) is 12.3. The van der Waals surface area contributed by atoms with Crippen molar-refractivity contribution in [3.05, 3.63) is 199 Å². The predicted octanol–water partition coefficient (Wildman–Crippen LogP) is 14.4. The number of anilines is 3. The molecular formula is C51H37NO. The Morgan fingerprint density at radius 1 is 0.415 bits per heavy atom. The minimum atomic E-state index is -0.146. The summed E-state index contributed by atoms with van der Waals surface area (Å²) in [4.78, 5) is 2.44. The van der Waals surface area contributed by atoms with Crippen LogP contribution in [0.2, 0.25) is 0 Å². The fraction of sp³-hybridized carbons (Fsp3) is 0.0588. The van der Waals surface area contributed by atoms with Gasteiger partial charge in [0.15, 0.2) is 0 Å². The molecule has 1 aliphatic rings. The lowest BCUT2D eigenvalue weighted by Crippen LogP contribution is -2.15. The highest BCUT2D eigenvalue weighted by atomic mass is 16.3. The molecule has 9 aromatic rings. The first kappa shape index (κ1) is 31.1. The van der Waals surface area contributed by atoms with Gasteiger partial charge in [0.25, 0.3) is 0 Å². The molecule has 0 radical (unpaired) electrons. The van der Waals surface area contributed by atoms with Crippen LogP contribution in [0, 0.1) is 0 Å². The minimum absolute atomic E-state index is 0.146. The summed E-state index contributed by atoms with van der Waals surface area (Å²) in [5.41, 5.74) is 17.3. The van der Waals surface area contributed by atoms with Crippen molar-refractivity contribution in [2.45, 2.75) is 19.3 Å². The van der Waals surface area contributed by atoms with Gasteiger partial charge in [-0.25, -0.2) is 0 Å². The molecule has 2 heteroatoms. The zero-order valence-corrected chi connectivity index (χ0v) is 29.8. The Balaban J connectivity index is 1.28. The fourth-order valence-electron chi connectivity index (χ4n) is 8.49. The lowest BCUT2D eigenvalue weighted by atomic mass is 9.82. The van der Waals surface area contributed by atoms with E-state index in [1.807, 2.05) is 6.07 Å². The van der Waals surface area contributed by atoms with E-state index in [-0.39, 0.29) is 5.41 Å². The largest absolute Gasteiger partial charge is 0.456 e. The van der Waals surface area contributed by atoms with Crippen LogP contribution in [-0.4, -0.2) is 0 Å². The van der Waals surface area contributed by atoms with Crippen molar-refractivity contribution >= 4 is 39.0 Å². The first-order valence-corrected chi connectivity index (χ1v) is 18.3. The molecule has 0 N–H and O–H groups in total. The molecule has 0 saturated carbocycles. The Morgan fingerprint density at radius 2 is 1.02 bits per heavy atom. The van der Waals surface area contributed by atoms with E-state index in [2.05, 4.69) is 201 Å². The van der Waals surface area contributed by atoms with Crippen LogP contribution in [0.4, 0.5) is 17.1 Å². The van der Waals surface area contributed by atoms with Gasteiger partial charge < -0.3 is 9.32 Å². The number of nitrogens with zero attached hydrogens (tertiary/aromatic N) is 1. The Bertz CT molecular complexity index is 2740. The van der Waals surface area contributed by atoms with Crippen LogP contribution in [0.5, 0.6) is 0 Å². The van der Waals surface area contributed by atoms with Gasteiger partial charge in [0.05, 0.1) is 11.1 Å². The topological polar surface area (TPSA) is 16.4 Å². The molecule has 10 rings (SSSR count). The molecule has 1 aliphatic carbocycles. The van der Waals surface area contributed by atoms with Gasteiger partial charge in [-0.3, -0.25) is 0 Å². The molecule has 0 atom stereocenters. The van der Waals surface area contributed by atoms with Crippen LogP contribution in [0.1, 0.15) is 25.0 Å². The highest BCUT2D eigenvalue weighted by Crippen LogP contribution is 2.54. The second-order valence-corrected chi connectivity index (χ2v) is 14.5. The summed E-state index contributed by atoms with van der Waals surface area (Å²) in [5.74, 6) is 0. The Hall–Kier alpha value is -6.64. The second-order valence-electron chi connectivity index (χ2n) is 14.5. The molecule has 0 amide bonds. The summed E-state index contributed by atoms with van der Waals surface area (Å²) in [7, 11) is 0. The maximum atomic E-state index is 6.49. The molecule has 0 aliphatic heterocycles. The Morgan fingerprint density at radius 3 is 1.72 bits per heavy atom. The van der Waals surface area contributed by atoms with E-state index in [1.54, 1.807) is 0 Å². The molecular weight excluding hydrogens is 643 g/mol. The molecule has 0 bridgehead atoms. The van der Waals surface area contributed by atoms with E-state index in [0.29, 0.717) is 0 Å². The van der Waals surface area contributed by atoms with Crippen molar-refractivity contribution in [2.75, 3.05) is 4.90 Å². The van der Waals surface area contributed by atoms with Gasteiger partial charge in [-0.15, -0.1) is 0 Å². The quantitative estimate of drug-likeness (QED) is 0.174. The number of fused-ring (bicyclic) bond motifs is 6. The summed E-state index contributed by atoms with van der Waals surface area (Å²) in [6.45, 7) is 4.72. The number of hydrogen-bond acceptors (Lipinski definition) is 2. The first-order valence-electron chi connectivity index (χ1n) is 18.3. The molecule has 0 unspecified atom stereocenters. The number of para-hydroxylation sites is 1. The lowest BCUT2D eigenvalue weighted by Gasteiger charge is -2.29. The molecule has 2 nitrogen and oxygen atoms in total. The fourth-order valence-corrected chi connectivity index (χ4v) is 8.49. The van der Waals surface area contributed by atoms with Gasteiger partial charge in [-0.1, -0.05) is 153 Å². The maximum Gasteiger partial charge on any atom is 0.137 e. The number of benzene rings is 8. The van der Waals surface area contributed by atoms with E-state index >= 15 is 0 Å². The molecule has 1 aromatic heterocycles. The third-order valence-electron chi connectivity index (χ3n) is 11.0. The number of rotatable bonds is 6. The van der Waals surface area contributed by atoms with Gasteiger partial charge in [-0.2, -0.15) is 0 Å². The zero-order chi connectivity index (χ0) is 35.5. The van der Waals surface area contributed by atoms with Gasteiger partial charge in [0.2, 0.25) is 0 Å². The predicted molar refractivity (Wildman–Crippen MR) is 222 cm³/mol. The van der Waals surface area contributed by atoms with Crippen LogP contribution in [0.15, 0.2) is 192 Å². The summed E-state index contributed by atoms with van der Waals surface area (Å²) in [5, 5.41) is 2.20. The number of hydrogen-bond donors (Lipinski definition) is 0. The van der Waals surface area contributed by atoms with E-state index in [1.165, 1.54) is 44.5 Å². The van der Waals surface area contributed by atoms with E-state index < -0.39 is 0 Å². The average Bonchev–Trinajstić information content (AvgIpc) is 3.71. The van der Waals surface area contributed by atoms with E-state index in [9.17, 15) is 0 Å². The van der Waals surface area contributed by atoms with Crippen molar-refractivity contribution in [3.63, 3.8) is 0 Å².